The summed E-state index contributed by atoms with van der Waals surface area (Å²) in [5, 5.41) is 18.0. The van der Waals surface area contributed by atoms with Gasteiger partial charge in [-0.3, -0.25) is 9.48 Å². The molecule has 124 valence electrons. The van der Waals surface area contributed by atoms with E-state index in [0.29, 0.717) is 5.82 Å². The summed E-state index contributed by atoms with van der Waals surface area (Å²) in [6.07, 6.45) is 1.39. The molecule has 2 aromatic heterocycles. The van der Waals surface area contributed by atoms with Crippen LogP contribution in [0.25, 0.3) is 11.1 Å². The number of methoxy groups -OCH3 is 1. The van der Waals surface area contributed by atoms with Crippen molar-refractivity contribution in [1.82, 2.24) is 30.0 Å². The van der Waals surface area contributed by atoms with Gasteiger partial charge in [-0.2, -0.15) is 5.10 Å². The Morgan fingerprint density at radius 2 is 2.04 bits per heavy atom. The van der Waals surface area contributed by atoms with Gasteiger partial charge in [0.1, 0.15) is 24.4 Å². The molecular weight excluding hydrogens is 310 g/mol. The predicted octanol–water partition coefficient (Wildman–Crippen LogP) is 1.03. The van der Waals surface area contributed by atoms with Crippen molar-refractivity contribution in [1.29, 1.82) is 0 Å². The fraction of sp³-hybridized carbons (Fsp3) is 0.267. The molecule has 3 rings (SSSR count). The lowest BCUT2D eigenvalue weighted by Gasteiger charge is -2.09. The van der Waals surface area contributed by atoms with Crippen molar-refractivity contribution >= 4 is 11.7 Å². The summed E-state index contributed by atoms with van der Waals surface area (Å²) in [5.41, 5.74) is 2.63. The number of aryl methyl sites for hydroxylation is 2. The smallest absolute Gasteiger partial charge is 0.247 e. The first-order chi connectivity index (χ1) is 11.6. The van der Waals surface area contributed by atoms with Crippen LogP contribution in [0.2, 0.25) is 0 Å². The first-order valence-electron chi connectivity index (χ1n) is 7.27. The Hall–Kier alpha value is -3.23. The molecule has 1 aromatic carbocycles. The summed E-state index contributed by atoms with van der Waals surface area (Å²) < 4.78 is 8.18. The molecule has 0 aliphatic heterocycles. The van der Waals surface area contributed by atoms with E-state index < -0.39 is 0 Å². The Balaban J connectivity index is 1.88. The topological polar surface area (TPSA) is 99.8 Å². The van der Waals surface area contributed by atoms with Gasteiger partial charge < -0.3 is 10.1 Å². The van der Waals surface area contributed by atoms with Gasteiger partial charge in [-0.1, -0.05) is 12.1 Å². The number of aromatic nitrogens is 6. The zero-order valence-corrected chi connectivity index (χ0v) is 13.6. The molecule has 0 bridgehead atoms. The lowest BCUT2D eigenvalue weighted by molar-refractivity contribution is -0.117. The standard InChI is InChI=1S/C15H17N7O2/c1-10-14(11-4-6-12(24-3)7-5-11)15(21(2)18-10)17-13(23)8-22-9-16-19-20-22/h4-7,9H,8H2,1-3H3,(H,17,23). The van der Waals surface area contributed by atoms with Crippen LogP contribution in [0.5, 0.6) is 5.75 Å². The summed E-state index contributed by atoms with van der Waals surface area (Å²) >= 11 is 0. The maximum atomic E-state index is 12.2. The largest absolute Gasteiger partial charge is 0.497 e. The highest BCUT2D eigenvalue weighted by Crippen LogP contribution is 2.32. The van der Waals surface area contributed by atoms with Crippen LogP contribution in [0.15, 0.2) is 30.6 Å². The van der Waals surface area contributed by atoms with Crippen molar-refractivity contribution in [2.75, 3.05) is 12.4 Å². The van der Waals surface area contributed by atoms with Crippen molar-refractivity contribution in [2.24, 2.45) is 7.05 Å². The van der Waals surface area contributed by atoms with Crippen molar-refractivity contribution in [3.63, 3.8) is 0 Å². The molecular formula is C15H17N7O2. The van der Waals surface area contributed by atoms with E-state index in [4.69, 9.17) is 4.74 Å². The number of carbonyl (C=O) groups is 1. The van der Waals surface area contributed by atoms with E-state index in [1.165, 1.54) is 11.0 Å². The van der Waals surface area contributed by atoms with Crippen LogP contribution in [0.3, 0.4) is 0 Å². The minimum atomic E-state index is -0.236. The second kappa shape index (κ2) is 6.49. The number of amides is 1. The molecule has 0 spiro atoms. The van der Waals surface area contributed by atoms with E-state index in [0.717, 1.165) is 22.6 Å². The first kappa shape index (κ1) is 15.7. The molecule has 0 unspecified atom stereocenters. The molecule has 1 amide bonds. The van der Waals surface area contributed by atoms with E-state index in [-0.39, 0.29) is 12.5 Å². The summed E-state index contributed by atoms with van der Waals surface area (Å²) in [7, 11) is 3.40. The number of nitrogens with zero attached hydrogens (tertiary/aromatic N) is 6. The van der Waals surface area contributed by atoms with Gasteiger partial charge in [-0.05, 0) is 35.0 Å². The number of nitrogens with one attached hydrogen (secondary N) is 1. The Labute approximate surface area is 138 Å². The Bertz CT molecular complexity index is 838. The lowest BCUT2D eigenvalue weighted by atomic mass is 10.1. The Morgan fingerprint density at radius 3 is 2.67 bits per heavy atom. The monoisotopic (exact) mass is 327 g/mol. The molecule has 24 heavy (non-hydrogen) atoms. The second-order valence-electron chi connectivity index (χ2n) is 5.22. The number of tetrazole rings is 1. The quantitative estimate of drug-likeness (QED) is 0.751. The van der Waals surface area contributed by atoms with E-state index in [9.17, 15) is 4.79 Å². The average molecular weight is 327 g/mol. The SMILES string of the molecule is COc1ccc(-c2c(C)nn(C)c2NC(=O)Cn2cnnn2)cc1. The van der Waals surface area contributed by atoms with Crippen LogP contribution < -0.4 is 10.1 Å². The number of hydrogen-bond acceptors (Lipinski definition) is 6. The minimum absolute atomic E-state index is 0.0271. The molecule has 3 aromatic rings. The highest BCUT2D eigenvalue weighted by molar-refractivity contribution is 5.94. The highest BCUT2D eigenvalue weighted by atomic mass is 16.5. The van der Waals surface area contributed by atoms with Gasteiger partial charge in [-0.25, -0.2) is 4.68 Å². The van der Waals surface area contributed by atoms with Crippen molar-refractivity contribution < 1.29 is 9.53 Å². The van der Waals surface area contributed by atoms with Crippen LogP contribution in [-0.4, -0.2) is 43.0 Å². The number of benzene rings is 1. The molecule has 2 heterocycles. The molecule has 9 nitrogen and oxygen atoms in total. The number of hydrogen-bond donors (Lipinski definition) is 1. The molecule has 9 heteroatoms. The normalized spacial score (nSPS) is 10.6. The third kappa shape index (κ3) is 3.09. The van der Waals surface area contributed by atoms with Crippen LogP contribution in [0.1, 0.15) is 5.69 Å². The van der Waals surface area contributed by atoms with Gasteiger partial charge >= 0.3 is 0 Å². The predicted molar refractivity (Wildman–Crippen MR) is 86.4 cm³/mol. The summed E-state index contributed by atoms with van der Waals surface area (Å²) in [5.74, 6) is 1.15. The summed E-state index contributed by atoms with van der Waals surface area (Å²) in [6.45, 7) is 1.93. The summed E-state index contributed by atoms with van der Waals surface area (Å²) in [6, 6.07) is 7.60. The van der Waals surface area contributed by atoms with E-state index >= 15 is 0 Å². The van der Waals surface area contributed by atoms with Crippen LogP contribution in [0, 0.1) is 6.92 Å². The molecule has 0 radical (unpaired) electrons. The van der Waals surface area contributed by atoms with Gasteiger partial charge in [0, 0.05) is 12.6 Å². The van der Waals surface area contributed by atoms with Gasteiger partial charge in [0.2, 0.25) is 5.91 Å². The fourth-order valence-corrected chi connectivity index (χ4v) is 2.48. The molecule has 0 saturated heterocycles. The van der Waals surface area contributed by atoms with Crippen LogP contribution >= 0.6 is 0 Å². The second-order valence-corrected chi connectivity index (χ2v) is 5.22. The average Bonchev–Trinajstić information content (AvgIpc) is 3.16. The molecule has 0 saturated carbocycles. The maximum Gasteiger partial charge on any atom is 0.247 e. The van der Waals surface area contributed by atoms with E-state index in [1.54, 1.807) is 18.8 Å². The third-order valence-electron chi connectivity index (χ3n) is 3.56. The number of rotatable bonds is 5. The molecule has 0 fully saturated rings. The van der Waals surface area contributed by atoms with E-state index in [2.05, 4.69) is 25.9 Å². The van der Waals surface area contributed by atoms with Crippen molar-refractivity contribution in [2.45, 2.75) is 13.5 Å². The Kier molecular flexibility index (Phi) is 4.23. The van der Waals surface area contributed by atoms with Gasteiger partial charge in [0.15, 0.2) is 0 Å². The molecule has 0 atom stereocenters. The van der Waals surface area contributed by atoms with E-state index in [1.807, 2.05) is 31.2 Å². The molecule has 0 aliphatic carbocycles. The first-order valence-corrected chi connectivity index (χ1v) is 7.27. The van der Waals surface area contributed by atoms with Gasteiger partial charge in [0.25, 0.3) is 0 Å². The van der Waals surface area contributed by atoms with Gasteiger partial charge in [-0.15, -0.1) is 5.10 Å². The van der Waals surface area contributed by atoms with Gasteiger partial charge in [0.05, 0.1) is 12.8 Å². The Morgan fingerprint density at radius 1 is 1.29 bits per heavy atom. The fourth-order valence-electron chi connectivity index (χ4n) is 2.48. The zero-order chi connectivity index (χ0) is 17.1. The molecule has 1 N–H and O–H groups in total. The van der Waals surface area contributed by atoms with Crippen molar-refractivity contribution in [3.8, 4) is 16.9 Å². The van der Waals surface area contributed by atoms with Crippen molar-refractivity contribution in [3.05, 3.63) is 36.3 Å². The lowest BCUT2D eigenvalue weighted by Crippen LogP contribution is -2.21. The minimum Gasteiger partial charge on any atom is -0.497 e. The third-order valence-corrected chi connectivity index (χ3v) is 3.56. The zero-order valence-electron chi connectivity index (χ0n) is 13.6. The summed E-state index contributed by atoms with van der Waals surface area (Å²) in [4.78, 5) is 12.2. The van der Waals surface area contributed by atoms with Crippen LogP contribution in [0.4, 0.5) is 5.82 Å². The molecule has 0 aliphatic rings. The number of anilines is 1. The maximum absolute atomic E-state index is 12.2. The van der Waals surface area contributed by atoms with Crippen LogP contribution in [-0.2, 0) is 18.4 Å². The number of carbonyl (C=O) groups excluding carboxylic acids is 1. The highest BCUT2D eigenvalue weighted by Gasteiger charge is 2.17. The number of ether oxygens (including phenoxy) is 1.